The monoisotopic (exact) mass is 631 g/mol. The van der Waals surface area contributed by atoms with Crippen molar-refractivity contribution in [3.8, 4) is 0 Å². The minimum atomic E-state index is -4.42. The number of rotatable bonds is 12. The van der Waals surface area contributed by atoms with Crippen molar-refractivity contribution in [2.24, 2.45) is 5.92 Å². The quantitative estimate of drug-likeness (QED) is 0.126. The molecular formula is C38H37F4NO3. The van der Waals surface area contributed by atoms with Gasteiger partial charge in [0.15, 0.2) is 5.78 Å². The highest BCUT2D eigenvalue weighted by Gasteiger charge is 2.32. The molecular weight excluding hydrogens is 594 g/mol. The van der Waals surface area contributed by atoms with E-state index in [1.165, 1.54) is 18.2 Å². The first kappa shape index (κ1) is 33.1. The molecule has 240 valence electrons. The van der Waals surface area contributed by atoms with Gasteiger partial charge in [-0.25, -0.2) is 4.39 Å². The van der Waals surface area contributed by atoms with Crippen LogP contribution in [0.3, 0.4) is 0 Å². The second kappa shape index (κ2) is 14.9. The molecule has 4 aromatic carbocycles. The number of ketones is 1. The number of carbonyl (C=O) groups is 2. The summed E-state index contributed by atoms with van der Waals surface area (Å²) in [6, 6.07) is 27.4. The van der Waals surface area contributed by atoms with Crippen LogP contribution in [0.4, 0.5) is 17.6 Å². The predicted molar refractivity (Wildman–Crippen MR) is 169 cm³/mol. The summed E-state index contributed by atoms with van der Waals surface area (Å²) in [5.41, 5.74) is 2.43. The Bertz CT molecular complexity index is 1620. The number of benzene rings is 4. The van der Waals surface area contributed by atoms with Gasteiger partial charge >= 0.3 is 6.18 Å². The molecule has 8 heteroatoms. The van der Waals surface area contributed by atoms with Crippen molar-refractivity contribution in [3.63, 3.8) is 0 Å². The molecule has 0 unspecified atom stereocenters. The maximum atomic E-state index is 13.6. The molecule has 4 nitrogen and oxygen atoms in total. The molecule has 0 bridgehead atoms. The summed E-state index contributed by atoms with van der Waals surface area (Å²) in [6.45, 7) is 0.560. The van der Waals surface area contributed by atoms with Crippen LogP contribution < -0.4 is 0 Å². The molecule has 1 saturated heterocycles. The lowest BCUT2D eigenvalue weighted by Crippen LogP contribution is -2.30. The van der Waals surface area contributed by atoms with E-state index in [0.29, 0.717) is 48.9 Å². The summed E-state index contributed by atoms with van der Waals surface area (Å²) in [4.78, 5) is 29.0. The van der Waals surface area contributed by atoms with Gasteiger partial charge in [-0.2, -0.15) is 13.2 Å². The zero-order chi connectivity index (χ0) is 32.7. The molecule has 1 aliphatic rings. The Morgan fingerprint density at radius 3 is 2.28 bits per heavy atom. The van der Waals surface area contributed by atoms with Gasteiger partial charge in [-0.1, -0.05) is 72.8 Å². The molecule has 1 aliphatic heterocycles. The third-order valence-corrected chi connectivity index (χ3v) is 8.75. The van der Waals surface area contributed by atoms with Gasteiger partial charge < -0.3 is 10.0 Å². The van der Waals surface area contributed by atoms with E-state index >= 15 is 0 Å². The molecule has 1 heterocycles. The van der Waals surface area contributed by atoms with E-state index in [-0.39, 0.29) is 30.0 Å². The maximum absolute atomic E-state index is 13.6. The summed E-state index contributed by atoms with van der Waals surface area (Å²) in [7, 11) is 0. The average Bonchev–Trinajstić information content (AvgIpc) is 3.55. The van der Waals surface area contributed by atoms with Crippen LogP contribution in [0, 0.1) is 11.7 Å². The van der Waals surface area contributed by atoms with E-state index in [2.05, 4.69) is 0 Å². The van der Waals surface area contributed by atoms with Crippen molar-refractivity contribution in [3.05, 3.63) is 142 Å². The Balaban J connectivity index is 1.27. The van der Waals surface area contributed by atoms with Crippen LogP contribution in [0.15, 0.2) is 103 Å². The third kappa shape index (κ3) is 8.49. The molecule has 3 atom stereocenters. The molecule has 0 saturated carbocycles. The Morgan fingerprint density at radius 1 is 0.848 bits per heavy atom. The minimum absolute atomic E-state index is 0.0409. The van der Waals surface area contributed by atoms with E-state index < -0.39 is 23.8 Å². The fraction of sp³-hybridized carbons (Fsp3) is 0.316. The number of Topliss-reactive ketones (excluding diaryl/α,β-unsaturated/α-hetero) is 1. The lowest BCUT2D eigenvalue weighted by atomic mass is 9.85. The van der Waals surface area contributed by atoms with E-state index in [0.717, 1.165) is 36.1 Å². The van der Waals surface area contributed by atoms with Gasteiger partial charge in [0.05, 0.1) is 17.7 Å². The third-order valence-electron chi connectivity index (χ3n) is 8.75. The highest BCUT2D eigenvalue weighted by atomic mass is 19.4. The lowest BCUT2D eigenvalue weighted by Gasteiger charge is -2.25. The van der Waals surface area contributed by atoms with Crippen molar-refractivity contribution in [2.75, 3.05) is 6.54 Å². The van der Waals surface area contributed by atoms with E-state index in [9.17, 15) is 32.3 Å². The van der Waals surface area contributed by atoms with Gasteiger partial charge in [-0.3, -0.25) is 9.59 Å². The van der Waals surface area contributed by atoms with Crippen molar-refractivity contribution in [2.45, 2.75) is 63.3 Å². The van der Waals surface area contributed by atoms with Gasteiger partial charge in [0.2, 0.25) is 0 Å². The van der Waals surface area contributed by atoms with Gasteiger partial charge in [0.25, 0.3) is 5.91 Å². The molecule has 0 aromatic heterocycles. The SMILES string of the molecule is O=C(C[C@@H](Cc1ccccc1)[C@H](O)CCCc1cccc(C(F)(F)F)c1)c1cccc(C(=O)N2CCC[C@H]2c2ccc(F)cc2)c1. The first-order chi connectivity index (χ1) is 22.1. The van der Waals surface area contributed by atoms with Crippen LogP contribution >= 0.6 is 0 Å². The summed E-state index contributed by atoms with van der Waals surface area (Å²) in [5, 5.41) is 11.3. The number of carbonyl (C=O) groups excluding carboxylic acids is 2. The smallest absolute Gasteiger partial charge is 0.393 e. The molecule has 5 rings (SSSR count). The number of halogens is 4. The Labute approximate surface area is 266 Å². The van der Waals surface area contributed by atoms with E-state index in [1.807, 2.05) is 30.3 Å². The Kier molecular flexibility index (Phi) is 10.7. The number of amides is 1. The first-order valence-corrected chi connectivity index (χ1v) is 15.7. The summed E-state index contributed by atoms with van der Waals surface area (Å²) < 4.78 is 52.9. The number of aliphatic hydroxyl groups is 1. The molecule has 46 heavy (non-hydrogen) atoms. The first-order valence-electron chi connectivity index (χ1n) is 15.7. The fourth-order valence-electron chi connectivity index (χ4n) is 6.30. The molecule has 0 radical (unpaired) electrons. The predicted octanol–water partition coefficient (Wildman–Crippen LogP) is 8.64. The van der Waals surface area contributed by atoms with Crippen LogP contribution in [0.25, 0.3) is 0 Å². The normalized spacial score (nSPS) is 16.3. The van der Waals surface area contributed by atoms with Crippen LogP contribution in [0.2, 0.25) is 0 Å². The van der Waals surface area contributed by atoms with Gasteiger partial charge in [-0.05, 0) is 91.5 Å². The molecule has 1 fully saturated rings. The number of nitrogens with zero attached hydrogens (tertiary/aromatic N) is 1. The number of likely N-dealkylation sites (tertiary alicyclic amines) is 1. The molecule has 1 amide bonds. The fourth-order valence-corrected chi connectivity index (χ4v) is 6.30. The zero-order valence-corrected chi connectivity index (χ0v) is 25.4. The lowest BCUT2D eigenvalue weighted by molar-refractivity contribution is -0.137. The van der Waals surface area contributed by atoms with Gasteiger partial charge in [-0.15, -0.1) is 0 Å². The van der Waals surface area contributed by atoms with Crippen LogP contribution in [0.1, 0.15) is 81.1 Å². The van der Waals surface area contributed by atoms with Crippen molar-refractivity contribution < 1.29 is 32.3 Å². The minimum Gasteiger partial charge on any atom is -0.393 e. The molecule has 4 aromatic rings. The second-order valence-electron chi connectivity index (χ2n) is 12.0. The van der Waals surface area contributed by atoms with E-state index in [4.69, 9.17) is 0 Å². The molecule has 1 N–H and O–H groups in total. The summed E-state index contributed by atoms with van der Waals surface area (Å²) in [6.07, 6.45) is -2.06. The standard InChI is InChI=1S/C38H37F4NO3/c39-33-19-17-28(18-20-33)34-15-7-21-43(34)37(46)30-13-6-12-29(24-30)36(45)25-31(22-26-8-2-1-3-9-26)35(44)16-5-11-27-10-4-14-32(23-27)38(40,41)42/h1-4,6,8-10,12-14,17-20,23-24,31,34-35,44H,5,7,11,15-16,21-22,25H2/t31-,34+,35-/m1/s1. The second-order valence-corrected chi connectivity index (χ2v) is 12.0. The van der Waals surface area contributed by atoms with E-state index in [1.54, 1.807) is 47.4 Å². The number of hydrogen-bond acceptors (Lipinski definition) is 3. The largest absolute Gasteiger partial charge is 0.416 e. The molecule has 0 aliphatic carbocycles. The maximum Gasteiger partial charge on any atom is 0.416 e. The Hall–Kier alpha value is -4.30. The number of aryl methyl sites for hydroxylation is 1. The highest BCUT2D eigenvalue weighted by Crippen LogP contribution is 2.34. The van der Waals surface area contributed by atoms with Crippen LogP contribution in [0.5, 0.6) is 0 Å². The van der Waals surface area contributed by atoms with Gasteiger partial charge in [0, 0.05) is 24.1 Å². The average molecular weight is 632 g/mol. The van der Waals surface area contributed by atoms with Crippen LogP contribution in [-0.4, -0.2) is 34.3 Å². The van der Waals surface area contributed by atoms with Crippen molar-refractivity contribution in [1.29, 1.82) is 0 Å². The summed E-state index contributed by atoms with van der Waals surface area (Å²) >= 11 is 0. The van der Waals surface area contributed by atoms with Crippen LogP contribution in [-0.2, 0) is 19.0 Å². The van der Waals surface area contributed by atoms with Crippen molar-refractivity contribution in [1.82, 2.24) is 4.90 Å². The number of hydrogen-bond donors (Lipinski definition) is 1. The number of alkyl halides is 3. The zero-order valence-electron chi connectivity index (χ0n) is 25.4. The number of aliphatic hydroxyl groups excluding tert-OH is 1. The molecule has 0 spiro atoms. The van der Waals surface area contributed by atoms with Gasteiger partial charge in [0.1, 0.15) is 5.82 Å². The Morgan fingerprint density at radius 2 is 1.54 bits per heavy atom. The topological polar surface area (TPSA) is 57.6 Å². The highest BCUT2D eigenvalue weighted by molar-refractivity contribution is 6.01. The summed E-state index contributed by atoms with van der Waals surface area (Å²) in [5.74, 6) is -1.17. The van der Waals surface area contributed by atoms with Crippen molar-refractivity contribution >= 4 is 11.7 Å².